The van der Waals surface area contributed by atoms with Gasteiger partial charge in [-0.1, -0.05) is 237 Å². The number of carbonyl (C=O) groups excluding carboxylic acids is 1. The number of unbranched alkanes of at least 4 members (excludes halogenated alkanes) is 32. The SMILES string of the molecule is CCCCC/C=C\C/C=C\C/C=C\CCCCCCCCCOCC(COP(=O)(O)OCC(O)CO)OC(=O)CCCCCCCCCCCCCCCCCCCCCCCCC. The van der Waals surface area contributed by atoms with Gasteiger partial charge in [-0.05, 0) is 51.4 Å². The molecule has 0 aliphatic rings. The minimum Gasteiger partial charge on any atom is -0.457 e. The molecule has 3 unspecified atom stereocenters. The van der Waals surface area contributed by atoms with Crippen LogP contribution in [0.15, 0.2) is 36.5 Å². The van der Waals surface area contributed by atoms with Crippen LogP contribution in [-0.4, -0.2) is 66.3 Å². The fraction of sp³-hybridized carbons (Fsp3) is 0.870. The predicted octanol–water partition coefficient (Wildman–Crippen LogP) is 15.9. The number of carbonyl (C=O) groups is 1. The largest absolute Gasteiger partial charge is 0.472 e. The molecule has 378 valence electrons. The minimum absolute atomic E-state index is 0.0455. The topological polar surface area (TPSA) is 132 Å². The number of esters is 1. The molecule has 0 radical (unpaired) electrons. The number of hydrogen-bond donors (Lipinski definition) is 3. The number of phosphoric acid groups is 1. The summed E-state index contributed by atoms with van der Waals surface area (Å²) in [6.45, 7) is 3.52. The van der Waals surface area contributed by atoms with Crippen molar-refractivity contribution in [1.82, 2.24) is 0 Å². The van der Waals surface area contributed by atoms with E-state index >= 15 is 0 Å². The number of aliphatic hydroxyl groups excluding tert-OH is 2. The molecule has 0 rings (SSSR count). The highest BCUT2D eigenvalue weighted by atomic mass is 31.2. The van der Waals surface area contributed by atoms with Crippen molar-refractivity contribution >= 4 is 13.8 Å². The smallest absolute Gasteiger partial charge is 0.457 e. The first-order valence-electron chi connectivity index (χ1n) is 27.0. The zero-order chi connectivity index (χ0) is 46.7. The summed E-state index contributed by atoms with van der Waals surface area (Å²) in [5.74, 6) is -0.381. The zero-order valence-corrected chi connectivity index (χ0v) is 42.7. The highest BCUT2D eigenvalue weighted by molar-refractivity contribution is 7.47. The summed E-state index contributed by atoms with van der Waals surface area (Å²) in [5.41, 5.74) is 0. The van der Waals surface area contributed by atoms with Crippen LogP contribution in [0, 0.1) is 0 Å². The van der Waals surface area contributed by atoms with Crippen molar-refractivity contribution in [3.8, 4) is 0 Å². The van der Waals surface area contributed by atoms with Crippen LogP contribution in [0.25, 0.3) is 0 Å². The highest BCUT2D eigenvalue weighted by Gasteiger charge is 2.26. The van der Waals surface area contributed by atoms with E-state index in [1.54, 1.807) is 0 Å². The number of phosphoric ester groups is 1. The van der Waals surface area contributed by atoms with Crippen LogP contribution in [0.1, 0.15) is 258 Å². The molecule has 0 heterocycles. The first kappa shape index (κ1) is 62.7. The van der Waals surface area contributed by atoms with Crippen LogP contribution >= 0.6 is 7.82 Å². The Hall–Kier alpha value is -1.32. The summed E-state index contributed by atoms with van der Waals surface area (Å²) in [5, 5.41) is 18.4. The van der Waals surface area contributed by atoms with Crippen LogP contribution in [0.3, 0.4) is 0 Å². The molecule has 0 saturated heterocycles. The van der Waals surface area contributed by atoms with Crippen LogP contribution in [-0.2, 0) is 27.9 Å². The summed E-state index contributed by atoms with van der Waals surface area (Å²) in [4.78, 5) is 22.7. The number of hydrogen-bond acceptors (Lipinski definition) is 8. The van der Waals surface area contributed by atoms with E-state index in [0.29, 0.717) is 6.61 Å². The molecule has 3 N–H and O–H groups in total. The van der Waals surface area contributed by atoms with Crippen molar-refractivity contribution in [2.75, 3.05) is 33.0 Å². The zero-order valence-electron chi connectivity index (χ0n) is 41.8. The molecule has 64 heavy (non-hydrogen) atoms. The van der Waals surface area contributed by atoms with E-state index in [0.717, 1.165) is 57.8 Å². The molecular weight excluding hydrogens is 824 g/mol. The first-order valence-corrected chi connectivity index (χ1v) is 28.5. The molecule has 10 heteroatoms. The van der Waals surface area contributed by atoms with Crippen LogP contribution in [0.4, 0.5) is 0 Å². The Kier molecular flexibility index (Phi) is 50.0. The van der Waals surface area contributed by atoms with Crippen LogP contribution in [0.5, 0.6) is 0 Å². The second kappa shape index (κ2) is 51.1. The Morgan fingerprint density at radius 2 is 0.844 bits per heavy atom. The van der Waals surface area contributed by atoms with Gasteiger partial charge in [-0.3, -0.25) is 13.8 Å². The van der Waals surface area contributed by atoms with Crippen LogP contribution < -0.4 is 0 Å². The number of rotatable bonds is 52. The van der Waals surface area contributed by atoms with Crippen LogP contribution in [0.2, 0.25) is 0 Å². The molecule has 0 fully saturated rings. The summed E-state index contributed by atoms with van der Waals surface area (Å²) in [6, 6.07) is 0. The van der Waals surface area contributed by atoms with Gasteiger partial charge in [0.1, 0.15) is 12.2 Å². The van der Waals surface area contributed by atoms with E-state index in [1.165, 1.54) is 180 Å². The van der Waals surface area contributed by atoms with E-state index in [-0.39, 0.29) is 25.6 Å². The Bertz CT molecular complexity index is 1100. The van der Waals surface area contributed by atoms with Gasteiger partial charge in [0.15, 0.2) is 0 Å². The third kappa shape index (κ3) is 50.1. The van der Waals surface area contributed by atoms with Crippen molar-refractivity contribution in [2.45, 2.75) is 270 Å². The minimum atomic E-state index is -4.53. The molecule has 0 aromatic carbocycles. The van der Waals surface area contributed by atoms with E-state index in [2.05, 4.69) is 50.3 Å². The lowest BCUT2D eigenvalue weighted by molar-refractivity contribution is -0.154. The molecule has 9 nitrogen and oxygen atoms in total. The molecule has 0 amide bonds. The molecule has 0 aromatic heterocycles. The van der Waals surface area contributed by atoms with Crippen molar-refractivity contribution in [2.24, 2.45) is 0 Å². The molecule has 0 aliphatic carbocycles. The third-order valence-corrected chi connectivity index (χ3v) is 12.8. The van der Waals surface area contributed by atoms with Gasteiger partial charge in [-0.25, -0.2) is 4.57 Å². The Labute approximate surface area is 395 Å². The molecule has 0 spiro atoms. The molecular formula is C54H103O9P. The lowest BCUT2D eigenvalue weighted by Crippen LogP contribution is -2.29. The highest BCUT2D eigenvalue weighted by Crippen LogP contribution is 2.43. The third-order valence-electron chi connectivity index (χ3n) is 11.8. The quantitative estimate of drug-likeness (QED) is 0.0236. The van der Waals surface area contributed by atoms with Crippen molar-refractivity contribution < 1.29 is 43.0 Å². The Morgan fingerprint density at radius 1 is 0.484 bits per heavy atom. The second-order valence-corrected chi connectivity index (χ2v) is 19.7. The fourth-order valence-electron chi connectivity index (χ4n) is 7.72. The molecule has 0 saturated carbocycles. The van der Waals surface area contributed by atoms with E-state index in [1.807, 2.05) is 0 Å². The maximum absolute atomic E-state index is 12.7. The number of allylic oxidation sites excluding steroid dienone is 6. The number of aliphatic hydroxyl groups is 2. The van der Waals surface area contributed by atoms with E-state index in [4.69, 9.17) is 23.6 Å². The molecule has 0 aliphatic heterocycles. The van der Waals surface area contributed by atoms with Gasteiger partial charge in [0.2, 0.25) is 0 Å². The lowest BCUT2D eigenvalue weighted by Gasteiger charge is -2.20. The predicted molar refractivity (Wildman–Crippen MR) is 270 cm³/mol. The lowest BCUT2D eigenvalue weighted by atomic mass is 10.0. The maximum Gasteiger partial charge on any atom is 0.472 e. The van der Waals surface area contributed by atoms with Gasteiger partial charge in [-0.2, -0.15) is 0 Å². The molecule has 0 aromatic rings. The van der Waals surface area contributed by atoms with Gasteiger partial charge < -0.3 is 24.6 Å². The summed E-state index contributed by atoms with van der Waals surface area (Å²) in [7, 11) is -4.53. The normalized spacial score (nSPS) is 14.0. The number of ether oxygens (including phenoxy) is 2. The Balaban J connectivity index is 4.03. The summed E-state index contributed by atoms with van der Waals surface area (Å²) >= 11 is 0. The van der Waals surface area contributed by atoms with Gasteiger partial charge in [0.25, 0.3) is 0 Å². The monoisotopic (exact) mass is 927 g/mol. The van der Waals surface area contributed by atoms with Crippen molar-refractivity contribution in [1.29, 1.82) is 0 Å². The van der Waals surface area contributed by atoms with Gasteiger partial charge in [0, 0.05) is 13.0 Å². The van der Waals surface area contributed by atoms with Gasteiger partial charge in [0.05, 0.1) is 26.4 Å². The maximum atomic E-state index is 12.7. The standard InChI is InChI=1S/C54H103O9P/c1-3-5-7-9-11-13-15-17-19-21-23-25-26-27-28-30-32-34-36-38-40-42-44-46-54(57)63-53(51-62-64(58,59)61-49-52(56)48-55)50-60-47-45-43-41-39-37-35-33-31-29-24-22-20-18-16-14-12-10-8-6-4-2/h12,14,18,20,24,29,52-53,55-56H,3-11,13,15-17,19,21-23,25-28,30-51H2,1-2H3,(H,58,59)/b14-12-,20-18-,29-24-. The second-order valence-electron chi connectivity index (χ2n) is 18.3. The summed E-state index contributed by atoms with van der Waals surface area (Å²) < 4.78 is 33.6. The summed E-state index contributed by atoms with van der Waals surface area (Å²) in [6.07, 6.45) is 58.3. The Morgan fingerprint density at radius 3 is 1.30 bits per heavy atom. The average Bonchev–Trinajstić information content (AvgIpc) is 3.29. The van der Waals surface area contributed by atoms with Crippen molar-refractivity contribution in [3.05, 3.63) is 36.5 Å². The molecule has 0 bridgehead atoms. The average molecular weight is 927 g/mol. The van der Waals surface area contributed by atoms with Gasteiger partial charge in [-0.15, -0.1) is 0 Å². The fourth-order valence-corrected chi connectivity index (χ4v) is 8.51. The van der Waals surface area contributed by atoms with E-state index < -0.39 is 33.2 Å². The van der Waals surface area contributed by atoms with E-state index in [9.17, 15) is 19.4 Å². The van der Waals surface area contributed by atoms with Gasteiger partial charge >= 0.3 is 13.8 Å². The first-order chi connectivity index (χ1) is 31.3. The molecule has 3 atom stereocenters. The van der Waals surface area contributed by atoms with Crippen molar-refractivity contribution in [3.63, 3.8) is 0 Å².